The van der Waals surface area contributed by atoms with E-state index in [-0.39, 0.29) is 37.7 Å². The van der Waals surface area contributed by atoms with Crippen molar-refractivity contribution in [2.75, 3.05) is 13.7 Å². The molecule has 8 heteroatoms. The minimum atomic E-state index is -0.892. The summed E-state index contributed by atoms with van der Waals surface area (Å²) < 4.78 is 23.9. The fraction of sp³-hybridized carbons (Fsp3) is 0.412. The van der Waals surface area contributed by atoms with Gasteiger partial charge in [0.2, 0.25) is 0 Å². The molecule has 3 aromatic carbocycles. The molecule has 0 aromatic heterocycles. The second kappa shape index (κ2) is 13.9. The number of ether oxygens (including phenoxy) is 4. The first kappa shape index (κ1) is 29.6. The first-order valence-corrected chi connectivity index (χ1v) is 14.7. The minimum absolute atomic E-state index is 0.164. The van der Waals surface area contributed by atoms with E-state index in [0.717, 1.165) is 22.3 Å². The van der Waals surface area contributed by atoms with E-state index in [4.69, 9.17) is 18.9 Å². The fourth-order valence-electron chi connectivity index (χ4n) is 5.78. The van der Waals surface area contributed by atoms with Gasteiger partial charge in [0.15, 0.2) is 17.6 Å². The van der Waals surface area contributed by atoms with E-state index < -0.39 is 18.1 Å². The molecule has 1 unspecified atom stereocenters. The van der Waals surface area contributed by atoms with Crippen molar-refractivity contribution in [3.63, 3.8) is 0 Å². The highest BCUT2D eigenvalue weighted by molar-refractivity contribution is 5.89. The maximum atomic E-state index is 14.4. The van der Waals surface area contributed by atoms with E-state index in [9.17, 15) is 14.7 Å². The number of hydrogen-bond acceptors (Lipinski definition) is 7. The number of hydrogen-bond donors (Lipinski definition) is 1. The smallest absolute Gasteiger partial charge is 0.329 e. The van der Waals surface area contributed by atoms with Crippen LogP contribution in [-0.4, -0.2) is 53.8 Å². The lowest BCUT2D eigenvalue weighted by Crippen LogP contribution is -2.51. The van der Waals surface area contributed by atoms with Crippen molar-refractivity contribution >= 4 is 11.9 Å². The lowest BCUT2D eigenvalue weighted by Gasteiger charge is -2.39. The van der Waals surface area contributed by atoms with Gasteiger partial charge in [-0.25, -0.2) is 4.79 Å². The molecule has 1 aliphatic heterocycles. The molecule has 5 rings (SSSR count). The van der Waals surface area contributed by atoms with E-state index in [2.05, 4.69) is 0 Å². The van der Waals surface area contributed by atoms with Gasteiger partial charge in [0.25, 0.3) is 5.91 Å². The summed E-state index contributed by atoms with van der Waals surface area (Å²) in [7, 11) is 1.59. The Balaban J connectivity index is 1.47. The Bertz CT molecular complexity index is 1340. The molecule has 1 N–H and O–H groups in total. The van der Waals surface area contributed by atoms with Gasteiger partial charge in [-0.05, 0) is 55.4 Å². The van der Waals surface area contributed by atoms with Gasteiger partial charge < -0.3 is 29.0 Å². The monoisotopic (exact) mass is 573 g/mol. The van der Waals surface area contributed by atoms with E-state index in [0.29, 0.717) is 43.8 Å². The highest BCUT2D eigenvalue weighted by Gasteiger charge is 2.41. The molecule has 1 saturated carbocycles. The van der Waals surface area contributed by atoms with Crippen LogP contribution in [-0.2, 0) is 38.6 Å². The van der Waals surface area contributed by atoms with Crippen LogP contribution in [0.25, 0.3) is 0 Å². The van der Waals surface area contributed by atoms with Gasteiger partial charge >= 0.3 is 5.97 Å². The zero-order valence-corrected chi connectivity index (χ0v) is 24.2. The van der Waals surface area contributed by atoms with E-state index in [1.807, 2.05) is 72.8 Å². The van der Waals surface area contributed by atoms with Crippen molar-refractivity contribution in [3.8, 4) is 11.5 Å². The molecule has 0 spiro atoms. The highest BCUT2D eigenvalue weighted by atomic mass is 16.5. The molecule has 3 aromatic rings. The van der Waals surface area contributed by atoms with Gasteiger partial charge in [0.05, 0.1) is 25.9 Å². The van der Waals surface area contributed by atoms with Gasteiger partial charge in [-0.1, -0.05) is 66.7 Å². The predicted octanol–water partition coefficient (Wildman–Crippen LogP) is 5.15. The summed E-state index contributed by atoms with van der Waals surface area (Å²) in [4.78, 5) is 29.4. The Hall–Kier alpha value is -3.88. The fourth-order valence-corrected chi connectivity index (χ4v) is 5.78. The Morgan fingerprint density at radius 1 is 0.952 bits per heavy atom. The quantitative estimate of drug-likeness (QED) is 0.335. The van der Waals surface area contributed by atoms with Crippen LogP contribution in [0.4, 0.5) is 0 Å². The highest BCUT2D eigenvalue weighted by Crippen LogP contribution is 2.40. The summed E-state index contributed by atoms with van der Waals surface area (Å²) in [5.74, 6) is 0.369. The van der Waals surface area contributed by atoms with E-state index >= 15 is 0 Å². The standard InChI is InChI=1S/C34H39NO7/c1-3-40-34(38)29-20-28-25(14-19-30(39-2)32(28)41-22-23-10-6-4-7-11-23)21-35(29)33(37)31(24-12-8-5-9-13-24)42-27-17-15-26(36)16-18-27/h4-14,19,26-27,29,31,36H,3,15-18,20-22H2,1-2H3/t26-,27-,29-,31?/m0/s1. The SMILES string of the molecule is CCOC(=O)[C@@H]1Cc2c(ccc(OC)c2OCc2ccccc2)CN1C(=O)C(O[C@H]1CC[C@H](O)CC1)c1ccccc1. The first-order valence-electron chi connectivity index (χ1n) is 14.7. The van der Waals surface area contributed by atoms with Gasteiger partial charge in [-0.2, -0.15) is 0 Å². The number of esters is 1. The van der Waals surface area contributed by atoms with Crippen LogP contribution in [0.3, 0.4) is 0 Å². The minimum Gasteiger partial charge on any atom is -0.493 e. The summed E-state index contributed by atoms with van der Waals surface area (Å²) in [5, 5.41) is 9.99. The summed E-state index contributed by atoms with van der Waals surface area (Å²) in [5.41, 5.74) is 3.43. The van der Waals surface area contributed by atoms with Gasteiger partial charge in [0, 0.05) is 18.5 Å². The second-order valence-electron chi connectivity index (χ2n) is 10.8. The molecule has 0 bridgehead atoms. The molecule has 0 radical (unpaired) electrons. The first-order chi connectivity index (χ1) is 20.5. The average Bonchev–Trinajstić information content (AvgIpc) is 3.03. The Morgan fingerprint density at radius 3 is 2.31 bits per heavy atom. The maximum Gasteiger partial charge on any atom is 0.329 e. The summed E-state index contributed by atoms with van der Waals surface area (Å²) in [6, 6.07) is 22.1. The normalized spacial score (nSPS) is 20.7. The Kier molecular flexibility index (Phi) is 9.77. The van der Waals surface area contributed by atoms with Crippen molar-refractivity contribution in [1.29, 1.82) is 0 Å². The number of aliphatic hydroxyl groups is 1. The van der Waals surface area contributed by atoms with Crippen LogP contribution in [0.15, 0.2) is 72.8 Å². The van der Waals surface area contributed by atoms with Crippen molar-refractivity contribution in [1.82, 2.24) is 4.90 Å². The average molecular weight is 574 g/mol. The topological polar surface area (TPSA) is 94.5 Å². The number of benzene rings is 3. The van der Waals surface area contributed by atoms with E-state index in [1.54, 1.807) is 18.9 Å². The molecular formula is C34H39NO7. The largest absolute Gasteiger partial charge is 0.493 e. The number of fused-ring (bicyclic) bond motifs is 1. The number of aliphatic hydroxyl groups excluding tert-OH is 1. The molecule has 2 aliphatic rings. The second-order valence-corrected chi connectivity index (χ2v) is 10.8. The third kappa shape index (κ3) is 6.77. The van der Waals surface area contributed by atoms with Crippen LogP contribution in [0.2, 0.25) is 0 Å². The lowest BCUT2D eigenvalue weighted by molar-refractivity contribution is -0.164. The molecule has 1 heterocycles. The summed E-state index contributed by atoms with van der Waals surface area (Å²) in [6.07, 6.45) is 1.44. The molecule has 42 heavy (non-hydrogen) atoms. The van der Waals surface area contributed by atoms with Crippen LogP contribution in [0.1, 0.15) is 61.0 Å². The molecule has 222 valence electrons. The van der Waals surface area contributed by atoms with Gasteiger partial charge in [0.1, 0.15) is 12.6 Å². The summed E-state index contributed by atoms with van der Waals surface area (Å²) >= 11 is 0. The lowest BCUT2D eigenvalue weighted by atomic mass is 9.91. The number of carbonyl (C=O) groups is 2. The Labute approximate surface area is 247 Å². The number of rotatable bonds is 10. The maximum absolute atomic E-state index is 14.4. The number of carbonyl (C=O) groups excluding carboxylic acids is 2. The molecule has 0 saturated heterocycles. The Morgan fingerprint density at radius 2 is 1.64 bits per heavy atom. The molecular weight excluding hydrogens is 534 g/mol. The molecule has 1 amide bonds. The van der Waals surface area contributed by atoms with Crippen LogP contribution < -0.4 is 9.47 Å². The molecule has 2 atom stereocenters. The molecule has 1 fully saturated rings. The summed E-state index contributed by atoms with van der Waals surface area (Å²) in [6.45, 7) is 2.48. The van der Waals surface area contributed by atoms with Crippen molar-refractivity contribution in [2.45, 2.75) is 76.5 Å². The molecule has 1 aliphatic carbocycles. The number of methoxy groups -OCH3 is 1. The van der Waals surface area contributed by atoms with Crippen molar-refractivity contribution in [2.24, 2.45) is 0 Å². The zero-order valence-electron chi connectivity index (χ0n) is 24.2. The van der Waals surface area contributed by atoms with Crippen LogP contribution in [0, 0.1) is 0 Å². The number of nitrogens with zero attached hydrogens (tertiary/aromatic N) is 1. The van der Waals surface area contributed by atoms with Crippen molar-refractivity contribution < 1.29 is 33.6 Å². The van der Waals surface area contributed by atoms with Gasteiger partial charge in [-0.15, -0.1) is 0 Å². The van der Waals surface area contributed by atoms with Gasteiger partial charge in [-0.3, -0.25) is 4.79 Å². The number of amides is 1. The van der Waals surface area contributed by atoms with Crippen LogP contribution >= 0.6 is 0 Å². The predicted molar refractivity (Wildman–Crippen MR) is 157 cm³/mol. The third-order valence-electron chi connectivity index (χ3n) is 8.02. The zero-order chi connectivity index (χ0) is 29.5. The third-order valence-corrected chi connectivity index (χ3v) is 8.02. The molecule has 8 nitrogen and oxygen atoms in total. The van der Waals surface area contributed by atoms with Crippen molar-refractivity contribution in [3.05, 3.63) is 95.1 Å². The van der Waals surface area contributed by atoms with Crippen LogP contribution in [0.5, 0.6) is 11.5 Å². The van der Waals surface area contributed by atoms with E-state index in [1.165, 1.54) is 0 Å².